The molecule has 0 radical (unpaired) electrons. The molecule has 112 valence electrons. The minimum absolute atomic E-state index is 0.0930. The van der Waals surface area contributed by atoms with E-state index in [9.17, 15) is 13.6 Å². The van der Waals surface area contributed by atoms with Crippen LogP contribution in [0.5, 0.6) is 0 Å². The highest BCUT2D eigenvalue weighted by Gasteiger charge is 2.15. The second-order valence-corrected chi connectivity index (χ2v) is 5.83. The minimum Gasteiger partial charge on any atom is -0.326 e. The molecule has 0 spiro atoms. The molecule has 21 heavy (non-hydrogen) atoms. The highest BCUT2D eigenvalue weighted by Crippen LogP contribution is 2.21. The van der Waals surface area contributed by atoms with Crippen molar-refractivity contribution < 1.29 is 13.6 Å². The Balaban J connectivity index is 2.15. The van der Waals surface area contributed by atoms with E-state index in [0.717, 1.165) is 29.1 Å². The van der Waals surface area contributed by atoms with Gasteiger partial charge in [0.2, 0.25) is 5.91 Å². The SMILES string of the molecule is Cc1nn(C)c(C)c1CC(=O)Nc1cc(F)c(I)c(F)c1. The zero-order valence-corrected chi connectivity index (χ0v) is 14.0. The van der Waals surface area contributed by atoms with Crippen molar-refractivity contribution in [3.63, 3.8) is 0 Å². The summed E-state index contributed by atoms with van der Waals surface area (Å²) < 4.78 is 28.5. The zero-order valence-electron chi connectivity index (χ0n) is 11.8. The quantitative estimate of drug-likeness (QED) is 0.631. The first-order valence-corrected chi connectivity index (χ1v) is 7.31. The first kappa shape index (κ1) is 15.9. The van der Waals surface area contributed by atoms with Crippen molar-refractivity contribution in [2.75, 3.05) is 5.32 Å². The molecular formula is C14H14F2IN3O. The molecule has 0 saturated heterocycles. The van der Waals surface area contributed by atoms with Crippen LogP contribution in [0, 0.1) is 29.1 Å². The van der Waals surface area contributed by atoms with E-state index in [0.29, 0.717) is 0 Å². The van der Waals surface area contributed by atoms with E-state index in [1.807, 2.05) is 13.8 Å². The monoisotopic (exact) mass is 405 g/mol. The smallest absolute Gasteiger partial charge is 0.228 e. The third-order valence-electron chi connectivity index (χ3n) is 3.26. The lowest BCUT2D eigenvalue weighted by Gasteiger charge is -2.07. The second-order valence-electron chi connectivity index (χ2n) is 4.75. The number of aryl methyl sites for hydroxylation is 2. The van der Waals surface area contributed by atoms with Crippen LogP contribution >= 0.6 is 22.6 Å². The molecule has 1 heterocycles. The number of hydrogen-bond donors (Lipinski definition) is 1. The highest BCUT2D eigenvalue weighted by atomic mass is 127. The molecule has 1 amide bonds. The molecule has 0 aliphatic heterocycles. The summed E-state index contributed by atoms with van der Waals surface area (Å²) in [6.45, 7) is 3.69. The van der Waals surface area contributed by atoms with Crippen LogP contribution < -0.4 is 5.32 Å². The van der Waals surface area contributed by atoms with Gasteiger partial charge in [-0.3, -0.25) is 9.48 Å². The van der Waals surface area contributed by atoms with E-state index in [2.05, 4.69) is 10.4 Å². The Labute approximate surface area is 134 Å². The van der Waals surface area contributed by atoms with Crippen LogP contribution in [0.15, 0.2) is 12.1 Å². The lowest BCUT2D eigenvalue weighted by Crippen LogP contribution is -2.16. The van der Waals surface area contributed by atoms with Crippen LogP contribution in [0.1, 0.15) is 17.0 Å². The summed E-state index contributed by atoms with van der Waals surface area (Å²) in [4.78, 5) is 12.0. The zero-order chi connectivity index (χ0) is 15.7. The fourth-order valence-electron chi connectivity index (χ4n) is 2.07. The van der Waals surface area contributed by atoms with Gasteiger partial charge < -0.3 is 5.32 Å². The van der Waals surface area contributed by atoms with Gasteiger partial charge in [-0.15, -0.1) is 0 Å². The van der Waals surface area contributed by atoms with Gasteiger partial charge in [-0.05, 0) is 48.6 Å². The number of nitrogens with one attached hydrogen (secondary N) is 1. The summed E-state index contributed by atoms with van der Waals surface area (Å²) in [5.74, 6) is -1.73. The Morgan fingerprint density at radius 2 is 1.90 bits per heavy atom. The maximum Gasteiger partial charge on any atom is 0.228 e. The minimum atomic E-state index is -0.695. The Kier molecular flexibility index (Phi) is 4.60. The summed E-state index contributed by atoms with van der Waals surface area (Å²) in [6.07, 6.45) is 0.112. The van der Waals surface area contributed by atoms with Gasteiger partial charge in [0, 0.05) is 24.0 Å². The van der Waals surface area contributed by atoms with Crippen molar-refractivity contribution in [1.82, 2.24) is 9.78 Å². The van der Waals surface area contributed by atoms with E-state index >= 15 is 0 Å². The van der Waals surface area contributed by atoms with Crippen LogP contribution in [0.3, 0.4) is 0 Å². The van der Waals surface area contributed by atoms with E-state index < -0.39 is 11.6 Å². The maximum absolute atomic E-state index is 13.4. The van der Waals surface area contributed by atoms with E-state index in [-0.39, 0.29) is 21.6 Å². The Bertz CT molecular complexity index is 689. The molecule has 0 bridgehead atoms. The number of rotatable bonds is 3. The Morgan fingerprint density at radius 1 is 1.33 bits per heavy atom. The van der Waals surface area contributed by atoms with Gasteiger partial charge in [-0.2, -0.15) is 5.10 Å². The van der Waals surface area contributed by atoms with Crippen LogP contribution in [0.4, 0.5) is 14.5 Å². The van der Waals surface area contributed by atoms with Gasteiger partial charge in [0.05, 0.1) is 15.7 Å². The van der Waals surface area contributed by atoms with Crippen LogP contribution in [-0.2, 0) is 18.3 Å². The molecule has 0 aliphatic carbocycles. The number of hydrogen-bond acceptors (Lipinski definition) is 2. The van der Waals surface area contributed by atoms with Crippen molar-refractivity contribution in [2.24, 2.45) is 7.05 Å². The number of benzene rings is 1. The molecule has 4 nitrogen and oxygen atoms in total. The first-order valence-electron chi connectivity index (χ1n) is 6.23. The van der Waals surface area contributed by atoms with Gasteiger partial charge >= 0.3 is 0 Å². The molecule has 7 heteroatoms. The molecule has 1 N–H and O–H groups in total. The van der Waals surface area contributed by atoms with Crippen LogP contribution in [0.25, 0.3) is 0 Å². The number of carbonyl (C=O) groups excluding carboxylic acids is 1. The third kappa shape index (κ3) is 3.39. The average molecular weight is 405 g/mol. The fraction of sp³-hybridized carbons (Fsp3) is 0.286. The van der Waals surface area contributed by atoms with Crippen molar-refractivity contribution in [3.05, 3.63) is 44.3 Å². The van der Waals surface area contributed by atoms with Crippen molar-refractivity contribution >= 4 is 34.2 Å². The second kappa shape index (κ2) is 6.08. The predicted octanol–water partition coefficient (Wildman–Crippen LogP) is 3.10. The molecule has 0 saturated carbocycles. The molecule has 0 fully saturated rings. The number of aromatic nitrogens is 2. The predicted molar refractivity (Wildman–Crippen MR) is 84.1 cm³/mol. The highest BCUT2D eigenvalue weighted by molar-refractivity contribution is 14.1. The lowest BCUT2D eigenvalue weighted by molar-refractivity contribution is -0.115. The molecule has 0 aliphatic rings. The van der Waals surface area contributed by atoms with Crippen LogP contribution in [0.2, 0.25) is 0 Å². The summed E-state index contributed by atoms with van der Waals surface area (Å²) >= 11 is 1.58. The van der Waals surface area contributed by atoms with Gasteiger partial charge in [-0.1, -0.05) is 0 Å². The normalized spacial score (nSPS) is 10.8. The molecular weight excluding hydrogens is 391 g/mol. The van der Waals surface area contributed by atoms with Crippen molar-refractivity contribution in [2.45, 2.75) is 20.3 Å². The number of anilines is 1. The number of halogens is 3. The Morgan fingerprint density at radius 3 is 2.38 bits per heavy atom. The average Bonchev–Trinajstić information content (AvgIpc) is 2.62. The van der Waals surface area contributed by atoms with E-state index in [1.54, 1.807) is 34.3 Å². The fourth-order valence-corrected chi connectivity index (χ4v) is 2.38. The van der Waals surface area contributed by atoms with Crippen LogP contribution in [-0.4, -0.2) is 15.7 Å². The van der Waals surface area contributed by atoms with E-state index in [4.69, 9.17) is 0 Å². The third-order valence-corrected chi connectivity index (χ3v) is 4.29. The molecule has 2 rings (SSSR count). The Hall–Kier alpha value is -1.51. The summed E-state index contributed by atoms with van der Waals surface area (Å²) in [6, 6.07) is 2.21. The molecule has 2 aromatic rings. The van der Waals surface area contributed by atoms with Gasteiger partial charge in [-0.25, -0.2) is 8.78 Å². The van der Waals surface area contributed by atoms with Gasteiger partial charge in [0.1, 0.15) is 11.6 Å². The molecule has 1 aromatic heterocycles. The molecule has 0 atom stereocenters. The standard InChI is InChI=1S/C14H14F2IN3O/c1-7-10(8(2)20(3)19-7)6-13(21)18-9-4-11(15)14(17)12(16)5-9/h4-5H,6H2,1-3H3,(H,18,21). The summed E-state index contributed by atoms with van der Waals surface area (Å²) in [5.41, 5.74) is 2.59. The summed E-state index contributed by atoms with van der Waals surface area (Å²) in [5, 5.41) is 6.73. The topological polar surface area (TPSA) is 46.9 Å². The first-order chi connectivity index (χ1) is 9.79. The maximum atomic E-state index is 13.4. The lowest BCUT2D eigenvalue weighted by atomic mass is 10.1. The number of carbonyl (C=O) groups is 1. The van der Waals surface area contributed by atoms with Crippen molar-refractivity contribution in [3.8, 4) is 0 Å². The van der Waals surface area contributed by atoms with Crippen molar-refractivity contribution in [1.29, 1.82) is 0 Å². The molecule has 1 aromatic carbocycles. The summed E-state index contributed by atoms with van der Waals surface area (Å²) in [7, 11) is 1.80. The van der Waals surface area contributed by atoms with E-state index in [1.165, 1.54) is 0 Å². The molecule has 0 unspecified atom stereocenters. The van der Waals surface area contributed by atoms with Gasteiger partial charge in [0.25, 0.3) is 0 Å². The number of nitrogens with zero attached hydrogens (tertiary/aromatic N) is 2. The number of amides is 1. The van der Waals surface area contributed by atoms with Gasteiger partial charge in [0.15, 0.2) is 0 Å². The largest absolute Gasteiger partial charge is 0.326 e.